The molecule has 0 aromatic rings. The van der Waals surface area contributed by atoms with Gasteiger partial charge in [-0.3, -0.25) is 0 Å². The van der Waals surface area contributed by atoms with Crippen LogP contribution in [0.3, 0.4) is 0 Å². The number of halogens is 2. The Morgan fingerprint density at radius 2 is 1.07 bits per heavy atom. The van der Waals surface area contributed by atoms with Crippen molar-refractivity contribution in [3.8, 4) is 0 Å². The van der Waals surface area contributed by atoms with Crippen molar-refractivity contribution in [2.24, 2.45) is 11.8 Å². The molecule has 0 aromatic heterocycles. The Bertz CT molecular complexity index is 920. The van der Waals surface area contributed by atoms with Gasteiger partial charge in [0.1, 0.15) is 0 Å². The maximum atomic E-state index is 2.61. The van der Waals surface area contributed by atoms with Crippen LogP contribution in [0.25, 0.3) is 0 Å². The summed E-state index contributed by atoms with van der Waals surface area (Å²) < 4.78 is 1.50. The molecule has 0 aromatic carbocycles. The van der Waals surface area contributed by atoms with Crippen LogP contribution in [0.15, 0.2) is 94.2 Å². The van der Waals surface area contributed by atoms with Gasteiger partial charge in [-0.2, -0.15) is 0 Å². The second-order valence-electron chi connectivity index (χ2n) is 8.98. The third-order valence-corrected chi connectivity index (χ3v) is 26.6. The number of hydrogen-bond acceptors (Lipinski definition) is 0. The maximum absolute atomic E-state index is 2.61. The zero-order chi connectivity index (χ0) is 20.0. The van der Waals surface area contributed by atoms with Crippen molar-refractivity contribution in [1.82, 2.24) is 0 Å². The summed E-state index contributed by atoms with van der Waals surface area (Å²) in [4.78, 5) is 0. The standard InChI is InChI=1S/2C12H13.C2H6Si.2ClH.Zr/c2*1-9-7-11-6-4-3-5-10(2)12(11)8-9;1-3-2;;;/h2*3-8,10H,1-2H3;1-2H3;2*1H;/q;;;;;+2/p-2. The Kier molecular flexibility index (Phi) is 9.03. The van der Waals surface area contributed by atoms with Crippen LogP contribution in [0, 0.1) is 11.8 Å². The Hall–Kier alpha value is -0.400. The van der Waals surface area contributed by atoms with Crippen molar-refractivity contribution in [2.75, 3.05) is 0 Å². The average Bonchev–Trinajstić information content (AvgIpc) is 2.99. The van der Waals surface area contributed by atoms with Crippen LogP contribution in [0.5, 0.6) is 0 Å². The molecule has 4 heteroatoms. The first-order valence-corrected chi connectivity index (χ1v) is 19.6. The second kappa shape index (κ2) is 10.5. The van der Waals surface area contributed by atoms with Gasteiger partial charge in [0.2, 0.25) is 0 Å². The summed E-state index contributed by atoms with van der Waals surface area (Å²) in [5, 5.41) is 0. The van der Waals surface area contributed by atoms with E-state index in [-0.39, 0.29) is 30.2 Å². The molecule has 0 saturated carbocycles. The van der Waals surface area contributed by atoms with Crippen LogP contribution in [0.2, 0.25) is 20.3 Å². The van der Waals surface area contributed by atoms with Crippen molar-refractivity contribution in [1.29, 1.82) is 0 Å². The molecular weight excluding hydrogens is 503 g/mol. The average molecular weight is 535 g/mol. The van der Waals surface area contributed by atoms with E-state index in [1.807, 2.05) is 0 Å². The van der Waals surface area contributed by atoms with Crippen molar-refractivity contribution in [3.05, 3.63) is 94.2 Å². The molecule has 4 unspecified atom stereocenters. The van der Waals surface area contributed by atoms with E-state index in [2.05, 4.69) is 102 Å². The first kappa shape index (κ1) is 25.9. The predicted molar refractivity (Wildman–Crippen MR) is 121 cm³/mol. The molecule has 0 amide bonds. The smallest absolute Gasteiger partial charge is 1.00 e. The van der Waals surface area contributed by atoms with Crippen molar-refractivity contribution >= 4 is 5.43 Å². The maximum Gasteiger partial charge on any atom is -1.00 e. The van der Waals surface area contributed by atoms with Gasteiger partial charge in [-0.15, -0.1) is 0 Å². The summed E-state index contributed by atoms with van der Waals surface area (Å²) in [5.41, 5.74) is 9.51. The summed E-state index contributed by atoms with van der Waals surface area (Å²) >= 11 is -1.87. The van der Waals surface area contributed by atoms with Gasteiger partial charge in [-0.25, -0.2) is 0 Å². The van der Waals surface area contributed by atoms with E-state index >= 15 is 0 Å². The molecule has 0 fully saturated rings. The van der Waals surface area contributed by atoms with E-state index in [1.54, 1.807) is 33.4 Å². The Balaban J connectivity index is 0.00000160. The topological polar surface area (TPSA) is 0 Å². The molecule has 4 rings (SSSR count). The van der Waals surface area contributed by atoms with Crippen molar-refractivity contribution in [3.63, 3.8) is 0 Å². The minimum atomic E-state index is -1.87. The SMILES string of the molecule is CC1=CC2=C(C=CC=CC2C)[CH]1[Zr+2]([CH]1C(C)=CC2=C1C=CC=CC2C)=[Si](C)C.[Cl-].[Cl-]. The molecule has 0 nitrogen and oxygen atoms in total. The molecule has 4 aliphatic carbocycles. The number of hydrogen-bond donors (Lipinski definition) is 0. The molecule has 0 aliphatic heterocycles. The van der Waals surface area contributed by atoms with Gasteiger partial charge in [-0.05, 0) is 0 Å². The second-order valence-corrected chi connectivity index (χ2v) is 26.9. The first-order chi connectivity index (χ1) is 13.4. The Labute approximate surface area is 203 Å². The fourth-order valence-electron chi connectivity index (χ4n) is 5.38. The Morgan fingerprint density at radius 1 is 0.667 bits per heavy atom. The van der Waals surface area contributed by atoms with E-state index in [1.165, 1.54) is 0 Å². The van der Waals surface area contributed by atoms with Crippen LogP contribution < -0.4 is 24.8 Å². The van der Waals surface area contributed by atoms with Gasteiger partial charge in [-0.1, -0.05) is 0 Å². The predicted octanol–water partition coefficient (Wildman–Crippen LogP) is 1.48. The van der Waals surface area contributed by atoms with E-state index in [0.29, 0.717) is 11.8 Å². The van der Waals surface area contributed by atoms with Crippen LogP contribution in [0.1, 0.15) is 27.7 Å². The number of allylic oxidation sites excluding steroid dienone is 16. The third-order valence-electron chi connectivity index (χ3n) is 6.72. The summed E-state index contributed by atoms with van der Waals surface area (Å²) in [6, 6.07) is 0. The van der Waals surface area contributed by atoms with Gasteiger partial charge in [0, 0.05) is 0 Å². The largest absolute Gasteiger partial charge is 1.00 e. The van der Waals surface area contributed by atoms with Crippen molar-refractivity contribution in [2.45, 2.75) is 48.0 Å². The molecular formula is C26H32Cl2SiZr. The normalized spacial score (nSPS) is 28.4. The van der Waals surface area contributed by atoms with Crippen LogP contribution >= 0.6 is 0 Å². The van der Waals surface area contributed by atoms with Gasteiger partial charge in [0.25, 0.3) is 0 Å². The summed E-state index contributed by atoms with van der Waals surface area (Å²) in [7, 11) is 0. The zero-order valence-electron chi connectivity index (χ0n) is 18.8. The minimum absolute atomic E-state index is 0. The molecule has 4 aliphatic rings. The van der Waals surface area contributed by atoms with Gasteiger partial charge >= 0.3 is 180 Å². The number of rotatable bonds is 2. The fourth-order valence-corrected chi connectivity index (χ4v) is 26.2. The molecule has 0 radical (unpaired) electrons. The molecule has 0 heterocycles. The van der Waals surface area contributed by atoms with Crippen LogP contribution in [-0.4, -0.2) is 5.43 Å². The van der Waals surface area contributed by atoms with E-state index in [4.69, 9.17) is 0 Å². The van der Waals surface area contributed by atoms with Crippen LogP contribution in [0.4, 0.5) is 0 Å². The molecule has 0 spiro atoms. The third kappa shape index (κ3) is 4.54. The summed E-state index contributed by atoms with van der Waals surface area (Å²) in [5.74, 6) is 1.08. The van der Waals surface area contributed by atoms with Gasteiger partial charge in [0.15, 0.2) is 0 Å². The molecule has 0 bridgehead atoms. The molecule has 0 N–H and O–H groups in total. The minimum Gasteiger partial charge on any atom is -1.00 e. The fraction of sp³-hybridized carbons (Fsp3) is 0.385. The van der Waals surface area contributed by atoms with Crippen molar-refractivity contribution < 1.29 is 45.2 Å². The van der Waals surface area contributed by atoms with Gasteiger partial charge in [0.05, 0.1) is 0 Å². The monoisotopic (exact) mass is 532 g/mol. The van der Waals surface area contributed by atoms with E-state index in [0.717, 1.165) is 7.25 Å². The molecule has 4 atom stereocenters. The molecule has 0 saturated heterocycles. The quantitative estimate of drug-likeness (QED) is 0.471. The molecule has 30 heavy (non-hydrogen) atoms. The zero-order valence-corrected chi connectivity index (χ0v) is 23.8. The van der Waals surface area contributed by atoms with E-state index in [9.17, 15) is 0 Å². The summed E-state index contributed by atoms with van der Waals surface area (Å²) in [6.45, 7) is 14.8. The van der Waals surface area contributed by atoms with Crippen LogP contribution in [-0.2, 0) is 20.4 Å². The molecule has 158 valence electrons. The first-order valence-electron chi connectivity index (χ1n) is 10.6. The summed E-state index contributed by atoms with van der Waals surface area (Å²) in [6.07, 6.45) is 23.8. The Morgan fingerprint density at radius 3 is 1.43 bits per heavy atom. The van der Waals surface area contributed by atoms with E-state index < -0.39 is 20.4 Å². The van der Waals surface area contributed by atoms with Gasteiger partial charge < -0.3 is 24.8 Å².